The average molecular weight is 296 g/mol. The first-order chi connectivity index (χ1) is 10.8. The fourth-order valence-electron chi connectivity index (χ4n) is 2.91. The SMILES string of the molecule is CCN1CCN(c2ccc(C(N)c3ccccc3)cn2)CC1. The molecule has 2 heterocycles. The minimum absolute atomic E-state index is 0.111. The Kier molecular flexibility index (Phi) is 4.71. The van der Waals surface area contributed by atoms with Crippen LogP contribution in [0.25, 0.3) is 0 Å². The summed E-state index contributed by atoms with van der Waals surface area (Å²) < 4.78 is 0. The summed E-state index contributed by atoms with van der Waals surface area (Å²) in [6.45, 7) is 7.67. The van der Waals surface area contributed by atoms with Crippen molar-refractivity contribution in [3.8, 4) is 0 Å². The zero-order chi connectivity index (χ0) is 15.4. The van der Waals surface area contributed by atoms with Gasteiger partial charge in [0.05, 0.1) is 6.04 Å². The Morgan fingerprint density at radius 2 is 1.73 bits per heavy atom. The number of hydrogen-bond donors (Lipinski definition) is 1. The molecule has 116 valence electrons. The molecular formula is C18H24N4. The quantitative estimate of drug-likeness (QED) is 0.940. The predicted octanol–water partition coefficient (Wildman–Crippen LogP) is 2.27. The number of rotatable bonds is 4. The number of nitrogens with zero attached hydrogens (tertiary/aromatic N) is 3. The highest BCUT2D eigenvalue weighted by Crippen LogP contribution is 2.21. The van der Waals surface area contributed by atoms with E-state index in [1.54, 1.807) is 0 Å². The molecule has 1 atom stereocenters. The van der Waals surface area contributed by atoms with Crippen LogP contribution in [0, 0.1) is 0 Å². The first kappa shape index (κ1) is 15.0. The first-order valence-electron chi connectivity index (χ1n) is 8.01. The largest absolute Gasteiger partial charge is 0.354 e. The average Bonchev–Trinajstić information content (AvgIpc) is 2.62. The van der Waals surface area contributed by atoms with E-state index in [-0.39, 0.29) is 6.04 Å². The van der Waals surface area contributed by atoms with Crippen molar-refractivity contribution in [1.29, 1.82) is 0 Å². The molecule has 0 saturated carbocycles. The van der Waals surface area contributed by atoms with Crippen LogP contribution in [0.1, 0.15) is 24.1 Å². The molecule has 0 aliphatic carbocycles. The monoisotopic (exact) mass is 296 g/mol. The van der Waals surface area contributed by atoms with Crippen LogP contribution in [-0.4, -0.2) is 42.6 Å². The predicted molar refractivity (Wildman–Crippen MR) is 91.0 cm³/mol. The number of benzene rings is 1. The summed E-state index contributed by atoms with van der Waals surface area (Å²) in [7, 11) is 0. The summed E-state index contributed by atoms with van der Waals surface area (Å²) in [6.07, 6.45) is 1.92. The molecule has 4 heteroatoms. The molecule has 1 saturated heterocycles. The fraction of sp³-hybridized carbons (Fsp3) is 0.389. The minimum Gasteiger partial charge on any atom is -0.354 e. The van der Waals surface area contributed by atoms with Crippen molar-refractivity contribution in [2.45, 2.75) is 13.0 Å². The summed E-state index contributed by atoms with van der Waals surface area (Å²) in [6, 6.07) is 14.2. The number of likely N-dealkylation sites (N-methyl/N-ethyl adjacent to an activating group) is 1. The lowest BCUT2D eigenvalue weighted by atomic mass is 10.0. The van der Waals surface area contributed by atoms with Crippen molar-refractivity contribution in [2.75, 3.05) is 37.6 Å². The number of hydrogen-bond acceptors (Lipinski definition) is 4. The number of nitrogens with two attached hydrogens (primary N) is 1. The zero-order valence-corrected chi connectivity index (χ0v) is 13.2. The molecule has 0 spiro atoms. The van der Waals surface area contributed by atoms with Crippen molar-refractivity contribution in [1.82, 2.24) is 9.88 Å². The second-order valence-electron chi connectivity index (χ2n) is 5.76. The molecule has 2 aromatic rings. The lowest BCUT2D eigenvalue weighted by Crippen LogP contribution is -2.46. The van der Waals surface area contributed by atoms with E-state index in [1.165, 1.54) is 0 Å². The van der Waals surface area contributed by atoms with E-state index >= 15 is 0 Å². The topological polar surface area (TPSA) is 45.4 Å². The van der Waals surface area contributed by atoms with Crippen LogP contribution in [-0.2, 0) is 0 Å². The Bertz CT molecular complexity index is 574. The van der Waals surface area contributed by atoms with E-state index in [2.05, 4.69) is 46.0 Å². The third kappa shape index (κ3) is 3.29. The van der Waals surface area contributed by atoms with E-state index in [0.29, 0.717) is 0 Å². The second kappa shape index (κ2) is 6.90. The van der Waals surface area contributed by atoms with Gasteiger partial charge in [-0.1, -0.05) is 43.3 Å². The van der Waals surface area contributed by atoms with Crippen molar-refractivity contribution < 1.29 is 0 Å². The van der Waals surface area contributed by atoms with Gasteiger partial charge in [0.15, 0.2) is 0 Å². The third-order valence-electron chi connectivity index (χ3n) is 4.43. The summed E-state index contributed by atoms with van der Waals surface area (Å²) >= 11 is 0. The van der Waals surface area contributed by atoms with Crippen LogP contribution in [0.15, 0.2) is 48.7 Å². The summed E-state index contributed by atoms with van der Waals surface area (Å²) in [5.74, 6) is 1.06. The fourth-order valence-corrected chi connectivity index (χ4v) is 2.91. The van der Waals surface area contributed by atoms with Crippen LogP contribution in [0.5, 0.6) is 0 Å². The molecule has 4 nitrogen and oxygen atoms in total. The van der Waals surface area contributed by atoms with Crippen molar-refractivity contribution in [3.05, 3.63) is 59.8 Å². The molecule has 1 aliphatic rings. The summed E-state index contributed by atoms with van der Waals surface area (Å²) in [5.41, 5.74) is 8.50. The zero-order valence-electron chi connectivity index (χ0n) is 13.2. The summed E-state index contributed by atoms with van der Waals surface area (Å²) in [5, 5.41) is 0. The molecule has 0 bridgehead atoms. The normalized spacial score (nSPS) is 17.5. The molecule has 0 amide bonds. The van der Waals surface area contributed by atoms with Crippen molar-refractivity contribution >= 4 is 5.82 Å². The lowest BCUT2D eigenvalue weighted by Gasteiger charge is -2.34. The number of pyridine rings is 1. The number of piperazine rings is 1. The highest BCUT2D eigenvalue weighted by atomic mass is 15.3. The van der Waals surface area contributed by atoms with Gasteiger partial charge in [0.2, 0.25) is 0 Å². The van der Waals surface area contributed by atoms with Gasteiger partial charge in [-0.15, -0.1) is 0 Å². The maximum absolute atomic E-state index is 6.32. The van der Waals surface area contributed by atoms with Gasteiger partial charge in [0.1, 0.15) is 5.82 Å². The number of anilines is 1. The third-order valence-corrected chi connectivity index (χ3v) is 4.43. The van der Waals surface area contributed by atoms with Gasteiger partial charge in [0.25, 0.3) is 0 Å². The second-order valence-corrected chi connectivity index (χ2v) is 5.76. The lowest BCUT2D eigenvalue weighted by molar-refractivity contribution is 0.270. The minimum atomic E-state index is -0.111. The highest BCUT2D eigenvalue weighted by Gasteiger charge is 2.17. The van der Waals surface area contributed by atoms with Crippen molar-refractivity contribution in [3.63, 3.8) is 0 Å². The standard InChI is InChI=1S/C18H24N4/c1-2-21-10-12-22(13-11-21)17-9-8-16(14-20-17)18(19)15-6-4-3-5-7-15/h3-9,14,18H,2,10-13,19H2,1H3. The molecule has 0 radical (unpaired) electrons. The molecule has 1 aromatic heterocycles. The van der Waals surface area contributed by atoms with E-state index in [9.17, 15) is 0 Å². The molecule has 1 aromatic carbocycles. The van der Waals surface area contributed by atoms with Gasteiger partial charge < -0.3 is 15.5 Å². The molecule has 1 aliphatic heterocycles. The Hall–Kier alpha value is -1.91. The van der Waals surface area contributed by atoms with Crippen LogP contribution in [0.4, 0.5) is 5.82 Å². The van der Waals surface area contributed by atoms with Crippen LogP contribution in [0.3, 0.4) is 0 Å². The number of aromatic nitrogens is 1. The Morgan fingerprint density at radius 1 is 1.00 bits per heavy atom. The molecule has 3 rings (SSSR count). The molecule has 1 fully saturated rings. The Morgan fingerprint density at radius 3 is 2.32 bits per heavy atom. The molecule has 22 heavy (non-hydrogen) atoms. The van der Waals surface area contributed by atoms with Crippen molar-refractivity contribution in [2.24, 2.45) is 5.73 Å². The van der Waals surface area contributed by atoms with Gasteiger partial charge in [-0.05, 0) is 23.7 Å². The van der Waals surface area contributed by atoms with Gasteiger partial charge in [-0.2, -0.15) is 0 Å². The van der Waals surface area contributed by atoms with E-state index < -0.39 is 0 Å². The van der Waals surface area contributed by atoms with Crippen LogP contribution in [0.2, 0.25) is 0 Å². The van der Waals surface area contributed by atoms with E-state index in [0.717, 1.165) is 49.7 Å². The molecule has 1 unspecified atom stereocenters. The molecule has 2 N–H and O–H groups in total. The highest BCUT2D eigenvalue weighted by molar-refractivity contribution is 5.42. The van der Waals surface area contributed by atoms with Gasteiger partial charge >= 0.3 is 0 Å². The van der Waals surface area contributed by atoms with Gasteiger partial charge in [-0.25, -0.2) is 4.98 Å². The van der Waals surface area contributed by atoms with E-state index in [4.69, 9.17) is 5.73 Å². The smallest absolute Gasteiger partial charge is 0.128 e. The van der Waals surface area contributed by atoms with Crippen LogP contribution < -0.4 is 10.6 Å². The Balaban J connectivity index is 1.68. The van der Waals surface area contributed by atoms with Gasteiger partial charge in [-0.3, -0.25) is 0 Å². The maximum Gasteiger partial charge on any atom is 0.128 e. The molecular weight excluding hydrogens is 272 g/mol. The maximum atomic E-state index is 6.32. The van der Waals surface area contributed by atoms with Gasteiger partial charge in [0, 0.05) is 32.4 Å². The summed E-state index contributed by atoms with van der Waals surface area (Å²) in [4.78, 5) is 9.45. The van der Waals surface area contributed by atoms with E-state index in [1.807, 2.05) is 24.4 Å². The van der Waals surface area contributed by atoms with Crippen LogP contribution >= 0.6 is 0 Å². The first-order valence-corrected chi connectivity index (χ1v) is 8.01. The Labute approximate surface area is 132 Å².